The zero-order valence-electron chi connectivity index (χ0n) is 11.4. The van der Waals surface area contributed by atoms with E-state index >= 15 is 0 Å². The molecule has 1 unspecified atom stereocenters. The SMILES string of the molecule is COc1cc2c(cc1OC)C(CCC(N)=O)NCC2. The van der Waals surface area contributed by atoms with Crippen LogP contribution in [0.1, 0.15) is 30.0 Å². The average molecular weight is 264 g/mol. The van der Waals surface area contributed by atoms with Gasteiger partial charge in [-0.25, -0.2) is 0 Å². The number of amides is 1. The van der Waals surface area contributed by atoms with Crippen molar-refractivity contribution in [1.82, 2.24) is 5.32 Å². The summed E-state index contributed by atoms with van der Waals surface area (Å²) in [5.74, 6) is 1.19. The maximum absolute atomic E-state index is 10.9. The van der Waals surface area contributed by atoms with E-state index in [1.165, 1.54) is 11.1 Å². The lowest BCUT2D eigenvalue weighted by atomic mass is 9.91. The van der Waals surface area contributed by atoms with Crippen molar-refractivity contribution in [2.45, 2.75) is 25.3 Å². The Balaban J connectivity index is 2.29. The minimum absolute atomic E-state index is 0.149. The molecule has 1 aliphatic rings. The van der Waals surface area contributed by atoms with E-state index in [0.717, 1.165) is 18.7 Å². The molecule has 1 heterocycles. The van der Waals surface area contributed by atoms with Crippen LogP contribution in [0.5, 0.6) is 11.5 Å². The highest BCUT2D eigenvalue weighted by Crippen LogP contribution is 2.36. The standard InChI is InChI=1S/C14H20N2O3/c1-18-12-7-9-5-6-16-11(3-4-14(15)17)10(9)8-13(12)19-2/h7-8,11,16H,3-6H2,1-2H3,(H2,15,17). The molecule has 0 fully saturated rings. The molecule has 1 aliphatic heterocycles. The summed E-state index contributed by atoms with van der Waals surface area (Å²) in [6, 6.07) is 4.16. The number of fused-ring (bicyclic) bond motifs is 1. The van der Waals surface area contributed by atoms with Crippen molar-refractivity contribution in [3.63, 3.8) is 0 Å². The van der Waals surface area contributed by atoms with Crippen LogP contribution in [0.2, 0.25) is 0 Å². The minimum atomic E-state index is -0.269. The van der Waals surface area contributed by atoms with E-state index in [1.807, 2.05) is 12.1 Å². The molecule has 0 aromatic heterocycles. The zero-order chi connectivity index (χ0) is 13.8. The molecule has 19 heavy (non-hydrogen) atoms. The van der Waals surface area contributed by atoms with Crippen LogP contribution in [-0.2, 0) is 11.2 Å². The Kier molecular flexibility index (Phi) is 4.27. The van der Waals surface area contributed by atoms with E-state index in [1.54, 1.807) is 14.2 Å². The van der Waals surface area contributed by atoms with Crippen LogP contribution in [0, 0.1) is 0 Å². The van der Waals surface area contributed by atoms with Crippen LogP contribution in [-0.4, -0.2) is 26.7 Å². The van der Waals surface area contributed by atoms with Gasteiger partial charge in [0.2, 0.25) is 5.91 Å². The molecular weight excluding hydrogens is 244 g/mol. The number of nitrogens with two attached hydrogens (primary N) is 1. The fourth-order valence-corrected chi connectivity index (χ4v) is 2.51. The Hall–Kier alpha value is -1.75. The van der Waals surface area contributed by atoms with Gasteiger partial charge in [0.05, 0.1) is 14.2 Å². The lowest BCUT2D eigenvalue weighted by Gasteiger charge is -2.28. The van der Waals surface area contributed by atoms with Crippen LogP contribution in [0.25, 0.3) is 0 Å². The third kappa shape index (κ3) is 2.98. The number of rotatable bonds is 5. The average Bonchev–Trinajstić information content (AvgIpc) is 2.43. The Labute approximate surface area is 113 Å². The maximum Gasteiger partial charge on any atom is 0.217 e. The highest BCUT2D eigenvalue weighted by molar-refractivity contribution is 5.73. The molecule has 5 nitrogen and oxygen atoms in total. The Morgan fingerprint density at radius 1 is 1.37 bits per heavy atom. The van der Waals surface area contributed by atoms with Gasteiger partial charge in [0.1, 0.15) is 0 Å². The summed E-state index contributed by atoms with van der Waals surface area (Å²) in [6.07, 6.45) is 2.03. The van der Waals surface area contributed by atoms with Crippen molar-refractivity contribution in [2.24, 2.45) is 5.73 Å². The number of nitrogens with one attached hydrogen (secondary N) is 1. The first-order valence-electron chi connectivity index (χ1n) is 6.42. The third-order valence-electron chi connectivity index (χ3n) is 3.49. The van der Waals surface area contributed by atoms with Crippen LogP contribution < -0.4 is 20.5 Å². The van der Waals surface area contributed by atoms with Crippen molar-refractivity contribution in [1.29, 1.82) is 0 Å². The molecule has 1 aromatic rings. The molecule has 0 saturated carbocycles. The van der Waals surface area contributed by atoms with Crippen LogP contribution >= 0.6 is 0 Å². The Morgan fingerprint density at radius 3 is 2.68 bits per heavy atom. The predicted molar refractivity (Wildman–Crippen MR) is 72.4 cm³/mol. The molecule has 104 valence electrons. The first kappa shape index (κ1) is 13.7. The first-order valence-corrected chi connectivity index (χ1v) is 6.42. The maximum atomic E-state index is 10.9. The summed E-state index contributed by atoms with van der Waals surface area (Å²) in [6.45, 7) is 0.895. The van der Waals surface area contributed by atoms with Gasteiger partial charge in [-0.15, -0.1) is 0 Å². The van der Waals surface area contributed by atoms with Gasteiger partial charge in [0.25, 0.3) is 0 Å². The number of ether oxygens (including phenoxy) is 2. The normalized spacial score (nSPS) is 17.7. The summed E-state index contributed by atoms with van der Waals surface area (Å²) in [5.41, 5.74) is 7.63. The van der Waals surface area contributed by atoms with E-state index in [9.17, 15) is 4.79 Å². The van der Waals surface area contributed by atoms with Gasteiger partial charge in [-0.1, -0.05) is 0 Å². The van der Waals surface area contributed by atoms with E-state index in [-0.39, 0.29) is 11.9 Å². The van der Waals surface area contributed by atoms with Gasteiger partial charge in [-0.3, -0.25) is 4.79 Å². The van der Waals surface area contributed by atoms with Crippen LogP contribution in [0.4, 0.5) is 0 Å². The van der Waals surface area contributed by atoms with Gasteiger partial charge < -0.3 is 20.5 Å². The van der Waals surface area contributed by atoms with E-state index < -0.39 is 0 Å². The Morgan fingerprint density at radius 2 is 2.05 bits per heavy atom. The fourth-order valence-electron chi connectivity index (χ4n) is 2.51. The van der Waals surface area contributed by atoms with Crippen LogP contribution in [0.15, 0.2) is 12.1 Å². The second kappa shape index (κ2) is 5.93. The summed E-state index contributed by atoms with van der Waals surface area (Å²) in [4.78, 5) is 10.9. The number of primary amides is 1. The van der Waals surface area contributed by atoms with Crippen molar-refractivity contribution in [2.75, 3.05) is 20.8 Å². The van der Waals surface area contributed by atoms with Gasteiger partial charge >= 0.3 is 0 Å². The summed E-state index contributed by atoms with van der Waals surface area (Å²) in [7, 11) is 3.26. The van der Waals surface area contributed by atoms with Gasteiger partial charge in [0, 0.05) is 12.5 Å². The summed E-state index contributed by atoms with van der Waals surface area (Å²) >= 11 is 0. The lowest BCUT2D eigenvalue weighted by molar-refractivity contribution is -0.118. The van der Waals surface area contributed by atoms with Crippen molar-refractivity contribution >= 4 is 5.91 Å². The molecule has 3 N–H and O–H groups in total. The minimum Gasteiger partial charge on any atom is -0.493 e. The molecule has 1 atom stereocenters. The third-order valence-corrected chi connectivity index (χ3v) is 3.49. The molecular formula is C14H20N2O3. The number of benzene rings is 1. The molecule has 0 bridgehead atoms. The topological polar surface area (TPSA) is 73.6 Å². The quantitative estimate of drug-likeness (QED) is 0.837. The van der Waals surface area contributed by atoms with Crippen molar-refractivity contribution in [3.8, 4) is 11.5 Å². The number of hydrogen-bond acceptors (Lipinski definition) is 4. The van der Waals surface area contributed by atoms with Gasteiger partial charge in [-0.2, -0.15) is 0 Å². The second-order valence-electron chi connectivity index (χ2n) is 4.67. The number of methoxy groups -OCH3 is 2. The van der Waals surface area contributed by atoms with Gasteiger partial charge in [0.15, 0.2) is 11.5 Å². The second-order valence-corrected chi connectivity index (χ2v) is 4.67. The molecule has 1 aromatic carbocycles. The van der Waals surface area contributed by atoms with E-state index in [4.69, 9.17) is 15.2 Å². The molecule has 0 aliphatic carbocycles. The van der Waals surface area contributed by atoms with Crippen LogP contribution in [0.3, 0.4) is 0 Å². The molecule has 1 amide bonds. The highest BCUT2D eigenvalue weighted by Gasteiger charge is 2.22. The monoisotopic (exact) mass is 264 g/mol. The number of carbonyl (C=O) groups excluding carboxylic acids is 1. The zero-order valence-corrected chi connectivity index (χ0v) is 11.4. The van der Waals surface area contributed by atoms with E-state index in [0.29, 0.717) is 18.6 Å². The smallest absolute Gasteiger partial charge is 0.217 e. The molecule has 2 rings (SSSR count). The molecule has 0 saturated heterocycles. The largest absolute Gasteiger partial charge is 0.493 e. The van der Waals surface area contributed by atoms with E-state index in [2.05, 4.69) is 5.32 Å². The molecule has 0 radical (unpaired) electrons. The van der Waals surface area contributed by atoms with Crippen molar-refractivity contribution < 1.29 is 14.3 Å². The number of carbonyl (C=O) groups is 1. The molecule has 0 spiro atoms. The molecule has 5 heteroatoms. The predicted octanol–water partition coefficient (Wildman–Crippen LogP) is 1.16. The van der Waals surface area contributed by atoms with Crippen molar-refractivity contribution in [3.05, 3.63) is 23.3 Å². The lowest BCUT2D eigenvalue weighted by Crippen LogP contribution is -2.30. The van der Waals surface area contributed by atoms with Gasteiger partial charge in [-0.05, 0) is 42.6 Å². The summed E-state index contributed by atoms with van der Waals surface area (Å²) < 4.78 is 10.6. The fraction of sp³-hybridized carbons (Fsp3) is 0.500. The summed E-state index contributed by atoms with van der Waals surface area (Å²) in [5, 5.41) is 3.42. The number of hydrogen-bond donors (Lipinski definition) is 2. The Bertz CT molecular complexity index is 474. The first-order chi connectivity index (χ1) is 9.15. The highest BCUT2D eigenvalue weighted by atomic mass is 16.5.